The lowest BCUT2D eigenvalue weighted by molar-refractivity contribution is -0.131. The van der Waals surface area contributed by atoms with Crippen LogP contribution in [-0.2, 0) is 4.79 Å². The molecule has 1 fully saturated rings. The third-order valence-corrected chi connectivity index (χ3v) is 3.41. The number of likely N-dealkylation sites (tertiary alicyclic amines) is 1. The van der Waals surface area contributed by atoms with Crippen LogP contribution in [0.1, 0.15) is 49.8 Å². The van der Waals surface area contributed by atoms with Crippen molar-refractivity contribution < 1.29 is 9.59 Å². The fourth-order valence-electron chi connectivity index (χ4n) is 2.52. The van der Waals surface area contributed by atoms with Crippen LogP contribution in [-0.4, -0.2) is 32.8 Å². The molecule has 2 amide bonds. The van der Waals surface area contributed by atoms with E-state index in [0.29, 0.717) is 12.2 Å². The Labute approximate surface area is 118 Å². The number of primary amides is 1. The summed E-state index contributed by atoms with van der Waals surface area (Å²) < 4.78 is 1.71. The van der Waals surface area contributed by atoms with Crippen molar-refractivity contribution in [3.05, 3.63) is 29.9 Å². The van der Waals surface area contributed by atoms with Crippen LogP contribution in [0.5, 0.6) is 0 Å². The van der Waals surface area contributed by atoms with Crippen molar-refractivity contribution in [1.82, 2.24) is 14.5 Å². The van der Waals surface area contributed by atoms with Crippen molar-refractivity contribution in [3.63, 3.8) is 0 Å². The summed E-state index contributed by atoms with van der Waals surface area (Å²) in [6, 6.07) is 0. The third kappa shape index (κ3) is 2.89. The number of aromatic nitrogens is 2. The number of allylic oxidation sites excluding steroid dienone is 1. The SMILES string of the molecule is CC(C)=CC(=O)N1CCCCC1n1cncc1C(N)=O. The molecular formula is C14H20N4O2. The topological polar surface area (TPSA) is 81.2 Å². The van der Waals surface area contributed by atoms with Gasteiger partial charge < -0.3 is 15.2 Å². The second kappa shape index (κ2) is 5.90. The molecule has 2 heterocycles. The zero-order valence-electron chi connectivity index (χ0n) is 11.9. The second-order valence-corrected chi connectivity index (χ2v) is 5.28. The number of carbonyl (C=O) groups excluding carboxylic acids is 2. The van der Waals surface area contributed by atoms with E-state index < -0.39 is 5.91 Å². The Morgan fingerprint density at radius 3 is 2.80 bits per heavy atom. The van der Waals surface area contributed by atoms with Gasteiger partial charge in [0.05, 0.1) is 12.5 Å². The zero-order chi connectivity index (χ0) is 14.7. The first-order chi connectivity index (χ1) is 9.50. The van der Waals surface area contributed by atoms with E-state index in [1.807, 2.05) is 13.8 Å². The molecule has 108 valence electrons. The van der Waals surface area contributed by atoms with Gasteiger partial charge in [-0.1, -0.05) is 5.57 Å². The van der Waals surface area contributed by atoms with Crippen LogP contribution < -0.4 is 5.73 Å². The fourth-order valence-corrected chi connectivity index (χ4v) is 2.52. The predicted octanol–water partition coefficient (Wildman–Crippen LogP) is 1.46. The standard InChI is InChI=1S/C14H20N4O2/c1-10(2)7-13(19)17-6-4-3-5-12(17)18-9-16-8-11(18)14(15)20/h7-9,12H,3-6H2,1-2H3,(H2,15,20). The normalized spacial score (nSPS) is 18.7. The van der Waals surface area contributed by atoms with Crippen LogP contribution in [0, 0.1) is 0 Å². The van der Waals surface area contributed by atoms with Crippen LogP contribution >= 0.6 is 0 Å². The van der Waals surface area contributed by atoms with Crippen LogP contribution in [0.2, 0.25) is 0 Å². The smallest absolute Gasteiger partial charge is 0.267 e. The molecule has 0 spiro atoms. The number of amides is 2. The number of carbonyl (C=O) groups is 2. The maximum atomic E-state index is 12.3. The fraction of sp³-hybridized carbons (Fsp3) is 0.500. The number of imidazole rings is 1. The maximum absolute atomic E-state index is 12.3. The van der Waals surface area contributed by atoms with Gasteiger partial charge in [0, 0.05) is 12.6 Å². The number of nitrogens with two attached hydrogens (primary N) is 1. The molecule has 0 saturated carbocycles. The highest BCUT2D eigenvalue weighted by atomic mass is 16.2. The Bertz CT molecular complexity index is 543. The van der Waals surface area contributed by atoms with E-state index in [-0.39, 0.29) is 12.1 Å². The molecule has 0 aromatic carbocycles. The molecule has 6 nitrogen and oxygen atoms in total. The van der Waals surface area contributed by atoms with Crippen molar-refractivity contribution >= 4 is 11.8 Å². The summed E-state index contributed by atoms with van der Waals surface area (Å²) in [4.78, 5) is 29.5. The van der Waals surface area contributed by atoms with Gasteiger partial charge in [0.25, 0.3) is 5.91 Å². The quantitative estimate of drug-likeness (QED) is 0.848. The largest absolute Gasteiger partial charge is 0.364 e. The second-order valence-electron chi connectivity index (χ2n) is 5.28. The molecule has 1 aromatic heterocycles. The number of nitrogens with zero attached hydrogens (tertiary/aromatic N) is 3. The lowest BCUT2D eigenvalue weighted by Gasteiger charge is -2.36. The van der Waals surface area contributed by atoms with E-state index in [4.69, 9.17) is 5.73 Å². The summed E-state index contributed by atoms with van der Waals surface area (Å²) in [6.45, 7) is 4.47. The zero-order valence-corrected chi connectivity index (χ0v) is 11.9. The number of piperidine rings is 1. The minimum atomic E-state index is -0.525. The van der Waals surface area contributed by atoms with Gasteiger partial charge in [-0.2, -0.15) is 0 Å². The third-order valence-electron chi connectivity index (χ3n) is 3.41. The highest BCUT2D eigenvalue weighted by Gasteiger charge is 2.28. The van der Waals surface area contributed by atoms with Gasteiger partial charge in [-0.05, 0) is 33.1 Å². The van der Waals surface area contributed by atoms with E-state index in [9.17, 15) is 9.59 Å². The van der Waals surface area contributed by atoms with Crippen molar-refractivity contribution in [3.8, 4) is 0 Å². The monoisotopic (exact) mass is 276 g/mol. The molecule has 1 unspecified atom stereocenters. The first kappa shape index (κ1) is 14.3. The minimum absolute atomic E-state index is 0.0289. The van der Waals surface area contributed by atoms with E-state index in [1.165, 1.54) is 6.20 Å². The maximum Gasteiger partial charge on any atom is 0.267 e. The summed E-state index contributed by atoms with van der Waals surface area (Å²) in [5, 5.41) is 0. The molecule has 1 aromatic rings. The number of hydrogen-bond acceptors (Lipinski definition) is 3. The van der Waals surface area contributed by atoms with Crippen molar-refractivity contribution in [1.29, 1.82) is 0 Å². The molecule has 0 aliphatic carbocycles. The molecular weight excluding hydrogens is 256 g/mol. The average molecular weight is 276 g/mol. The van der Waals surface area contributed by atoms with E-state index in [0.717, 1.165) is 24.8 Å². The van der Waals surface area contributed by atoms with Crippen LogP contribution in [0.25, 0.3) is 0 Å². The molecule has 6 heteroatoms. The van der Waals surface area contributed by atoms with Gasteiger partial charge in [-0.15, -0.1) is 0 Å². The number of hydrogen-bond donors (Lipinski definition) is 1. The predicted molar refractivity (Wildman–Crippen MR) is 74.8 cm³/mol. The van der Waals surface area contributed by atoms with Crippen LogP contribution in [0.4, 0.5) is 0 Å². The van der Waals surface area contributed by atoms with E-state index in [1.54, 1.807) is 21.9 Å². The van der Waals surface area contributed by atoms with Crippen LogP contribution in [0.15, 0.2) is 24.2 Å². The Balaban J connectivity index is 2.31. The summed E-state index contributed by atoms with van der Waals surface area (Å²) in [5.41, 5.74) is 6.65. The molecule has 1 aliphatic rings. The van der Waals surface area contributed by atoms with Gasteiger partial charge in [0.1, 0.15) is 11.9 Å². The molecule has 0 bridgehead atoms. The lowest BCUT2D eigenvalue weighted by Crippen LogP contribution is -2.41. The summed E-state index contributed by atoms with van der Waals surface area (Å²) >= 11 is 0. The Morgan fingerprint density at radius 2 is 2.15 bits per heavy atom. The van der Waals surface area contributed by atoms with Crippen molar-refractivity contribution in [2.75, 3.05) is 6.54 Å². The Hall–Kier alpha value is -2.11. The van der Waals surface area contributed by atoms with Gasteiger partial charge in [0.15, 0.2) is 0 Å². The summed E-state index contributed by atoms with van der Waals surface area (Å²) in [5.74, 6) is -0.554. The van der Waals surface area contributed by atoms with Gasteiger partial charge in [0.2, 0.25) is 5.91 Å². The average Bonchev–Trinajstić information content (AvgIpc) is 2.87. The first-order valence-electron chi connectivity index (χ1n) is 6.78. The molecule has 1 atom stereocenters. The highest BCUT2D eigenvalue weighted by Crippen LogP contribution is 2.27. The Kier molecular flexibility index (Phi) is 4.22. The first-order valence-corrected chi connectivity index (χ1v) is 6.78. The van der Waals surface area contributed by atoms with E-state index >= 15 is 0 Å². The summed E-state index contributed by atoms with van der Waals surface area (Å²) in [7, 11) is 0. The lowest BCUT2D eigenvalue weighted by atomic mass is 10.1. The van der Waals surface area contributed by atoms with Crippen LogP contribution in [0.3, 0.4) is 0 Å². The molecule has 2 rings (SSSR count). The van der Waals surface area contributed by atoms with Gasteiger partial charge in [-0.3, -0.25) is 9.59 Å². The number of rotatable bonds is 3. The molecule has 1 aliphatic heterocycles. The van der Waals surface area contributed by atoms with Crippen molar-refractivity contribution in [2.24, 2.45) is 5.73 Å². The molecule has 2 N–H and O–H groups in total. The summed E-state index contributed by atoms with van der Waals surface area (Å²) in [6.07, 6.45) is 7.24. The molecule has 20 heavy (non-hydrogen) atoms. The molecule has 1 saturated heterocycles. The van der Waals surface area contributed by atoms with Gasteiger partial charge >= 0.3 is 0 Å². The van der Waals surface area contributed by atoms with Crippen molar-refractivity contribution in [2.45, 2.75) is 39.3 Å². The molecule has 0 radical (unpaired) electrons. The Morgan fingerprint density at radius 1 is 1.40 bits per heavy atom. The minimum Gasteiger partial charge on any atom is -0.364 e. The van der Waals surface area contributed by atoms with Gasteiger partial charge in [-0.25, -0.2) is 4.98 Å². The highest BCUT2D eigenvalue weighted by molar-refractivity contribution is 5.91. The van der Waals surface area contributed by atoms with E-state index in [2.05, 4.69) is 4.98 Å².